The molecule has 5 nitrogen and oxygen atoms in total. The minimum atomic E-state index is -1.17. The lowest BCUT2D eigenvalue weighted by molar-refractivity contribution is -0.146. The van der Waals surface area contributed by atoms with Crippen LogP contribution < -0.4 is 0 Å². The summed E-state index contributed by atoms with van der Waals surface area (Å²) in [6, 6.07) is 4.75. The zero-order chi connectivity index (χ0) is 13.9. The van der Waals surface area contributed by atoms with Crippen LogP contribution in [0.25, 0.3) is 0 Å². The molecule has 0 saturated heterocycles. The second kappa shape index (κ2) is 5.64. The maximum atomic E-state index is 11.8. The Kier molecular flexibility index (Phi) is 4.44. The molecule has 0 saturated carbocycles. The van der Waals surface area contributed by atoms with Crippen LogP contribution in [0.1, 0.15) is 17.3 Å². The van der Waals surface area contributed by atoms with E-state index in [2.05, 4.69) is 0 Å². The van der Waals surface area contributed by atoms with Crippen molar-refractivity contribution in [1.82, 2.24) is 4.90 Å². The summed E-state index contributed by atoms with van der Waals surface area (Å²) < 4.78 is 0. The molecule has 96 valence electrons. The predicted molar refractivity (Wildman–Crippen MR) is 65.7 cm³/mol. The summed E-state index contributed by atoms with van der Waals surface area (Å²) in [5.74, 6) is -2.80. The number of halogens is 1. The zero-order valence-electron chi connectivity index (χ0n) is 9.88. The molecule has 1 amide bonds. The van der Waals surface area contributed by atoms with Crippen molar-refractivity contribution in [1.29, 1.82) is 0 Å². The van der Waals surface area contributed by atoms with Crippen LogP contribution in [-0.4, -0.2) is 40.8 Å². The number of carboxylic acids is 1. The highest BCUT2D eigenvalue weighted by Crippen LogP contribution is 2.11. The summed E-state index contributed by atoms with van der Waals surface area (Å²) in [6.07, 6.45) is 0. The summed E-state index contributed by atoms with van der Waals surface area (Å²) in [4.78, 5) is 35.2. The summed E-state index contributed by atoms with van der Waals surface area (Å²) in [5, 5.41) is 9.22. The van der Waals surface area contributed by atoms with E-state index in [4.69, 9.17) is 16.7 Å². The first-order valence-electron chi connectivity index (χ1n) is 5.14. The lowest BCUT2D eigenvalue weighted by Crippen LogP contribution is -2.43. The maximum absolute atomic E-state index is 11.8. The van der Waals surface area contributed by atoms with Gasteiger partial charge in [0.1, 0.15) is 6.04 Å². The van der Waals surface area contributed by atoms with Gasteiger partial charge in [0.2, 0.25) is 5.78 Å². The van der Waals surface area contributed by atoms with Crippen molar-refractivity contribution in [3.8, 4) is 0 Å². The van der Waals surface area contributed by atoms with Crippen molar-refractivity contribution in [2.24, 2.45) is 0 Å². The minimum absolute atomic E-state index is 0.175. The molecular formula is C12H12ClNO4. The molecule has 6 heteroatoms. The van der Waals surface area contributed by atoms with Crippen molar-refractivity contribution in [2.75, 3.05) is 7.05 Å². The molecule has 1 atom stereocenters. The molecule has 0 fully saturated rings. The second-order valence-electron chi connectivity index (χ2n) is 3.77. The predicted octanol–water partition coefficient (Wildman–Crippen LogP) is 1.45. The first kappa shape index (κ1) is 14.2. The van der Waals surface area contributed by atoms with Gasteiger partial charge in [-0.25, -0.2) is 4.79 Å². The number of likely N-dealkylation sites (N-methyl/N-ethyl adjacent to an activating group) is 1. The minimum Gasteiger partial charge on any atom is -0.480 e. The van der Waals surface area contributed by atoms with E-state index >= 15 is 0 Å². The largest absolute Gasteiger partial charge is 0.480 e. The number of benzene rings is 1. The molecule has 1 N–H and O–H groups in total. The number of ketones is 1. The summed E-state index contributed by atoms with van der Waals surface area (Å²) in [7, 11) is 1.27. The van der Waals surface area contributed by atoms with Crippen LogP contribution in [0.5, 0.6) is 0 Å². The van der Waals surface area contributed by atoms with Crippen LogP contribution in [-0.2, 0) is 9.59 Å². The van der Waals surface area contributed by atoms with Crippen LogP contribution >= 0.6 is 11.6 Å². The number of hydrogen-bond donors (Lipinski definition) is 1. The number of Topliss-reactive ketones (excluding diaryl/α,β-unsaturated/α-hetero) is 1. The Hall–Kier alpha value is -1.88. The molecule has 0 unspecified atom stereocenters. The van der Waals surface area contributed by atoms with E-state index in [0.717, 1.165) is 4.90 Å². The molecule has 0 aliphatic carbocycles. The molecular weight excluding hydrogens is 258 g/mol. The van der Waals surface area contributed by atoms with Gasteiger partial charge in [0.15, 0.2) is 0 Å². The molecule has 0 heterocycles. The summed E-state index contributed by atoms with van der Waals surface area (Å²) >= 11 is 5.67. The number of amides is 1. The van der Waals surface area contributed by atoms with Crippen LogP contribution in [0, 0.1) is 0 Å². The fraction of sp³-hybridized carbons (Fsp3) is 0.250. The first-order valence-corrected chi connectivity index (χ1v) is 5.52. The normalized spacial score (nSPS) is 11.7. The highest BCUT2D eigenvalue weighted by molar-refractivity contribution is 6.43. The third-order valence-corrected chi connectivity index (χ3v) is 2.81. The number of carbonyl (C=O) groups excluding carboxylic acids is 2. The van der Waals surface area contributed by atoms with Crippen molar-refractivity contribution in [3.63, 3.8) is 0 Å². The number of rotatable bonds is 4. The van der Waals surface area contributed by atoms with E-state index < -0.39 is 23.7 Å². The Morgan fingerprint density at radius 1 is 1.22 bits per heavy atom. The molecule has 1 aromatic rings. The smallest absolute Gasteiger partial charge is 0.326 e. The van der Waals surface area contributed by atoms with Gasteiger partial charge in [-0.05, 0) is 31.2 Å². The molecule has 0 aliphatic rings. The van der Waals surface area contributed by atoms with Gasteiger partial charge in [0, 0.05) is 17.6 Å². The topological polar surface area (TPSA) is 74.7 Å². The SMILES string of the molecule is C[C@@H](C(=O)O)N(C)C(=O)C(=O)c1ccc(Cl)cc1. The highest BCUT2D eigenvalue weighted by atomic mass is 35.5. The Morgan fingerprint density at radius 2 is 1.72 bits per heavy atom. The molecule has 0 aromatic heterocycles. The third kappa shape index (κ3) is 3.07. The van der Waals surface area contributed by atoms with Gasteiger partial charge >= 0.3 is 5.97 Å². The molecule has 0 spiro atoms. The lowest BCUT2D eigenvalue weighted by atomic mass is 10.1. The van der Waals surface area contributed by atoms with E-state index in [0.29, 0.717) is 5.02 Å². The van der Waals surface area contributed by atoms with Gasteiger partial charge in [-0.1, -0.05) is 11.6 Å². The average Bonchev–Trinajstić information content (AvgIpc) is 2.36. The fourth-order valence-corrected chi connectivity index (χ4v) is 1.35. The fourth-order valence-electron chi connectivity index (χ4n) is 1.23. The summed E-state index contributed by atoms with van der Waals surface area (Å²) in [6.45, 7) is 1.33. The number of aliphatic carboxylic acids is 1. The lowest BCUT2D eigenvalue weighted by Gasteiger charge is -2.20. The monoisotopic (exact) mass is 269 g/mol. The van der Waals surface area contributed by atoms with Gasteiger partial charge < -0.3 is 10.0 Å². The summed E-state index contributed by atoms with van der Waals surface area (Å²) in [5.41, 5.74) is 0.175. The number of nitrogens with zero attached hydrogens (tertiary/aromatic N) is 1. The van der Waals surface area contributed by atoms with E-state index in [1.165, 1.54) is 38.2 Å². The second-order valence-corrected chi connectivity index (χ2v) is 4.20. The molecule has 0 radical (unpaired) electrons. The van der Waals surface area contributed by atoms with Gasteiger partial charge in [0.25, 0.3) is 5.91 Å². The Balaban J connectivity index is 2.87. The number of hydrogen-bond acceptors (Lipinski definition) is 3. The Bertz CT molecular complexity index is 483. The van der Waals surface area contributed by atoms with Gasteiger partial charge in [-0.15, -0.1) is 0 Å². The maximum Gasteiger partial charge on any atom is 0.326 e. The molecule has 0 bridgehead atoms. The van der Waals surface area contributed by atoms with Crippen molar-refractivity contribution in [3.05, 3.63) is 34.9 Å². The molecule has 0 aliphatic heterocycles. The zero-order valence-corrected chi connectivity index (χ0v) is 10.6. The van der Waals surface area contributed by atoms with Gasteiger partial charge in [-0.2, -0.15) is 0 Å². The van der Waals surface area contributed by atoms with Gasteiger partial charge in [-0.3, -0.25) is 9.59 Å². The van der Waals surface area contributed by atoms with Gasteiger partial charge in [0.05, 0.1) is 0 Å². The van der Waals surface area contributed by atoms with Crippen LogP contribution in [0.15, 0.2) is 24.3 Å². The van der Waals surface area contributed by atoms with Crippen LogP contribution in [0.4, 0.5) is 0 Å². The molecule has 1 aromatic carbocycles. The molecule has 1 rings (SSSR count). The van der Waals surface area contributed by atoms with Crippen molar-refractivity contribution >= 4 is 29.3 Å². The molecule has 18 heavy (non-hydrogen) atoms. The number of carbonyl (C=O) groups is 3. The third-order valence-electron chi connectivity index (χ3n) is 2.56. The van der Waals surface area contributed by atoms with E-state index in [1.54, 1.807) is 0 Å². The quantitative estimate of drug-likeness (QED) is 0.663. The Morgan fingerprint density at radius 3 is 2.17 bits per heavy atom. The van der Waals surface area contributed by atoms with Crippen molar-refractivity contribution < 1.29 is 19.5 Å². The van der Waals surface area contributed by atoms with E-state index in [1.807, 2.05) is 0 Å². The van der Waals surface area contributed by atoms with Crippen molar-refractivity contribution in [2.45, 2.75) is 13.0 Å². The van der Waals surface area contributed by atoms with E-state index in [9.17, 15) is 14.4 Å². The van der Waals surface area contributed by atoms with Crippen LogP contribution in [0.3, 0.4) is 0 Å². The standard InChI is InChI=1S/C12H12ClNO4/c1-7(12(17)18)14(2)11(16)10(15)8-3-5-9(13)6-4-8/h3-7H,1-2H3,(H,17,18)/t7-/m0/s1. The van der Waals surface area contributed by atoms with Crippen LogP contribution in [0.2, 0.25) is 5.02 Å². The number of carboxylic acid groups (broad SMARTS) is 1. The average molecular weight is 270 g/mol. The highest BCUT2D eigenvalue weighted by Gasteiger charge is 2.27. The van der Waals surface area contributed by atoms with E-state index in [-0.39, 0.29) is 5.56 Å². The first-order chi connectivity index (χ1) is 8.34. The Labute approximate surface area is 109 Å².